The molecule has 2 atom stereocenters. The van der Waals surface area contributed by atoms with E-state index in [0.29, 0.717) is 5.69 Å². The maximum Gasteiger partial charge on any atom is 0.326 e. The normalized spacial score (nSPS) is 13.1. The summed E-state index contributed by atoms with van der Waals surface area (Å²) in [5, 5.41) is 13.8. The van der Waals surface area contributed by atoms with E-state index in [0.717, 1.165) is 0 Å². The van der Waals surface area contributed by atoms with Crippen molar-refractivity contribution in [2.24, 2.45) is 0 Å². The monoisotopic (exact) mass is 297 g/mol. The predicted molar refractivity (Wildman–Crippen MR) is 73.5 cm³/mol. The molecule has 1 aromatic heterocycles. The first kappa shape index (κ1) is 16.5. The molecule has 21 heavy (non-hydrogen) atoms. The number of likely N-dealkylation sites (N-methyl/N-ethyl adjacent to an activating group) is 1. The van der Waals surface area contributed by atoms with Crippen molar-refractivity contribution < 1.29 is 19.5 Å². The van der Waals surface area contributed by atoms with Crippen molar-refractivity contribution in [3.05, 3.63) is 18.2 Å². The Hall–Kier alpha value is -2.58. The van der Waals surface area contributed by atoms with Gasteiger partial charge in [-0.05, 0) is 6.92 Å². The van der Waals surface area contributed by atoms with Gasteiger partial charge < -0.3 is 25.6 Å². The molecule has 1 aromatic rings. The SMILES string of the molecule is CC(NC(=O)N[C@@H](Cc1cnc[nH]1)C(=O)O)C(=O)N(C)C. The Morgan fingerprint density at radius 2 is 2.05 bits per heavy atom. The summed E-state index contributed by atoms with van der Waals surface area (Å²) in [5.74, 6) is -1.46. The van der Waals surface area contributed by atoms with E-state index in [1.165, 1.54) is 24.3 Å². The lowest BCUT2D eigenvalue weighted by molar-refractivity contribution is -0.139. The molecular formula is C12H19N5O4. The molecule has 0 fully saturated rings. The summed E-state index contributed by atoms with van der Waals surface area (Å²) < 4.78 is 0. The van der Waals surface area contributed by atoms with Crippen LogP contribution in [0, 0.1) is 0 Å². The lowest BCUT2D eigenvalue weighted by Gasteiger charge is -2.20. The second-order valence-electron chi connectivity index (χ2n) is 4.74. The lowest BCUT2D eigenvalue weighted by atomic mass is 10.1. The summed E-state index contributed by atoms with van der Waals surface area (Å²) in [6.45, 7) is 1.52. The summed E-state index contributed by atoms with van der Waals surface area (Å²) >= 11 is 0. The molecule has 0 saturated heterocycles. The van der Waals surface area contributed by atoms with Gasteiger partial charge in [-0.25, -0.2) is 14.6 Å². The highest BCUT2D eigenvalue weighted by atomic mass is 16.4. The number of amides is 3. The van der Waals surface area contributed by atoms with Crippen LogP contribution in [0.25, 0.3) is 0 Å². The van der Waals surface area contributed by atoms with E-state index < -0.39 is 24.1 Å². The Labute approximate surface area is 121 Å². The first-order chi connectivity index (χ1) is 9.81. The topological polar surface area (TPSA) is 127 Å². The summed E-state index contributed by atoms with van der Waals surface area (Å²) in [6, 6.07) is -2.58. The minimum Gasteiger partial charge on any atom is -0.480 e. The molecule has 0 bridgehead atoms. The zero-order chi connectivity index (χ0) is 16.0. The summed E-state index contributed by atoms with van der Waals surface area (Å²) in [4.78, 5) is 42.4. The number of carboxylic acid groups (broad SMARTS) is 1. The van der Waals surface area contributed by atoms with Crippen LogP contribution in [0.4, 0.5) is 4.79 Å². The van der Waals surface area contributed by atoms with Crippen molar-refractivity contribution >= 4 is 17.9 Å². The number of imidazole rings is 1. The number of aromatic amines is 1. The number of H-pyrrole nitrogens is 1. The van der Waals surface area contributed by atoms with E-state index in [9.17, 15) is 14.4 Å². The maximum atomic E-state index is 11.7. The van der Waals surface area contributed by atoms with Crippen LogP contribution in [-0.2, 0) is 16.0 Å². The van der Waals surface area contributed by atoms with Crippen LogP contribution >= 0.6 is 0 Å². The van der Waals surface area contributed by atoms with Crippen molar-refractivity contribution in [3.8, 4) is 0 Å². The fraction of sp³-hybridized carbons (Fsp3) is 0.500. The average molecular weight is 297 g/mol. The van der Waals surface area contributed by atoms with E-state index in [-0.39, 0.29) is 12.3 Å². The molecule has 116 valence electrons. The van der Waals surface area contributed by atoms with E-state index in [4.69, 9.17) is 5.11 Å². The number of hydrogen-bond donors (Lipinski definition) is 4. The molecule has 9 heteroatoms. The van der Waals surface area contributed by atoms with E-state index in [1.54, 1.807) is 14.1 Å². The minimum absolute atomic E-state index is 0.0682. The highest BCUT2D eigenvalue weighted by molar-refractivity contribution is 5.88. The molecule has 0 aromatic carbocycles. The summed E-state index contributed by atoms with van der Waals surface area (Å²) in [5.41, 5.74) is 0.583. The van der Waals surface area contributed by atoms with Gasteiger partial charge in [0.1, 0.15) is 12.1 Å². The van der Waals surface area contributed by atoms with Gasteiger partial charge >= 0.3 is 12.0 Å². The van der Waals surface area contributed by atoms with Crippen molar-refractivity contribution in [1.29, 1.82) is 0 Å². The number of urea groups is 1. The zero-order valence-electron chi connectivity index (χ0n) is 12.1. The van der Waals surface area contributed by atoms with Crippen molar-refractivity contribution in [2.75, 3.05) is 14.1 Å². The first-order valence-corrected chi connectivity index (χ1v) is 6.29. The quantitative estimate of drug-likeness (QED) is 0.545. The van der Waals surface area contributed by atoms with Crippen LogP contribution in [0.2, 0.25) is 0 Å². The average Bonchev–Trinajstić information content (AvgIpc) is 2.89. The molecule has 0 spiro atoms. The van der Waals surface area contributed by atoms with E-state index in [2.05, 4.69) is 20.6 Å². The lowest BCUT2D eigenvalue weighted by Crippen LogP contribution is -2.52. The van der Waals surface area contributed by atoms with Crippen molar-refractivity contribution in [3.63, 3.8) is 0 Å². The van der Waals surface area contributed by atoms with Crippen LogP contribution in [0.5, 0.6) is 0 Å². The maximum absolute atomic E-state index is 11.7. The van der Waals surface area contributed by atoms with Gasteiger partial charge in [-0.15, -0.1) is 0 Å². The Balaban J connectivity index is 2.57. The van der Waals surface area contributed by atoms with Crippen molar-refractivity contribution in [1.82, 2.24) is 25.5 Å². The minimum atomic E-state index is -1.17. The largest absolute Gasteiger partial charge is 0.480 e. The van der Waals surface area contributed by atoms with Gasteiger partial charge in [0.15, 0.2) is 0 Å². The molecule has 0 aliphatic heterocycles. The molecule has 0 aliphatic carbocycles. The second kappa shape index (κ2) is 7.27. The fourth-order valence-corrected chi connectivity index (χ4v) is 1.66. The standard InChI is InChI=1S/C12H19N5O4/c1-7(10(18)17(2)3)15-12(21)16-9(11(19)20)4-8-5-13-6-14-8/h5-7,9H,4H2,1-3H3,(H,13,14)(H,19,20)(H2,15,16,21)/t7?,9-/m0/s1. The molecule has 1 unspecified atom stereocenters. The van der Waals surface area contributed by atoms with Gasteiger partial charge in [-0.1, -0.05) is 0 Å². The number of carbonyl (C=O) groups is 3. The van der Waals surface area contributed by atoms with Gasteiger partial charge in [-0.3, -0.25) is 4.79 Å². The summed E-state index contributed by atoms with van der Waals surface area (Å²) in [7, 11) is 3.13. The highest BCUT2D eigenvalue weighted by Gasteiger charge is 2.23. The van der Waals surface area contributed by atoms with E-state index in [1.807, 2.05) is 0 Å². The molecule has 0 radical (unpaired) electrons. The smallest absolute Gasteiger partial charge is 0.326 e. The summed E-state index contributed by atoms with van der Waals surface area (Å²) in [6.07, 6.45) is 2.97. The Kier molecular flexibility index (Phi) is 5.70. The highest BCUT2D eigenvalue weighted by Crippen LogP contribution is 1.99. The van der Waals surface area contributed by atoms with Gasteiger partial charge in [0.2, 0.25) is 5.91 Å². The molecule has 3 amide bonds. The van der Waals surface area contributed by atoms with E-state index >= 15 is 0 Å². The predicted octanol–water partition coefficient (Wildman–Crippen LogP) is -0.819. The van der Waals surface area contributed by atoms with Crippen LogP contribution < -0.4 is 10.6 Å². The second-order valence-corrected chi connectivity index (χ2v) is 4.74. The number of hydrogen-bond acceptors (Lipinski definition) is 4. The zero-order valence-corrected chi connectivity index (χ0v) is 12.1. The Morgan fingerprint density at radius 3 is 2.52 bits per heavy atom. The molecule has 0 saturated carbocycles. The fourth-order valence-electron chi connectivity index (χ4n) is 1.66. The molecule has 9 nitrogen and oxygen atoms in total. The molecular weight excluding hydrogens is 278 g/mol. The molecule has 1 rings (SSSR count). The number of carboxylic acids is 1. The Morgan fingerprint density at radius 1 is 1.38 bits per heavy atom. The molecule has 1 heterocycles. The van der Waals surface area contributed by atoms with Gasteiger partial charge in [0.05, 0.1) is 6.33 Å². The van der Waals surface area contributed by atoms with Crippen LogP contribution in [0.15, 0.2) is 12.5 Å². The van der Waals surface area contributed by atoms with Crippen LogP contribution in [-0.4, -0.2) is 64.1 Å². The third kappa shape index (κ3) is 5.13. The van der Waals surface area contributed by atoms with Crippen LogP contribution in [0.3, 0.4) is 0 Å². The van der Waals surface area contributed by atoms with Crippen LogP contribution in [0.1, 0.15) is 12.6 Å². The number of rotatable bonds is 6. The first-order valence-electron chi connectivity index (χ1n) is 6.29. The van der Waals surface area contributed by atoms with Gasteiger partial charge in [0.25, 0.3) is 0 Å². The molecule has 0 aliphatic rings. The Bertz CT molecular complexity index is 500. The van der Waals surface area contributed by atoms with Crippen molar-refractivity contribution in [2.45, 2.75) is 25.4 Å². The third-order valence-electron chi connectivity index (χ3n) is 2.74. The number of aromatic nitrogens is 2. The number of nitrogens with zero attached hydrogens (tertiary/aromatic N) is 2. The van der Waals surface area contributed by atoms with Gasteiger partial charge in [-0.2, -0.15) is 0 Å². The number of carbonyl (C=O) groups excluding carboxylic acids is 2. The third-order valence-corrected chi connectivity index (χ3v) is 2.74. The number of nitrogens with one attached hydrogen (secondary N) is 3. The van der Waals surface area contributed by atoms with Gasteiger partial charge in [0, 0.05) is 32.4 Å². The number of aliphatic carboxylic acids is 1. The molecule has 4 N–H and O–H groups in total.